The summed E-state index contributed by atoms with van der Waals surface area (Å²) in [6, 6.07) is 31.5. The van der Waals surface area contributed by atoms with E-state index in [0.717, 1.165) is 25.8 Å². The molecule has 15 heteroatoms. The van der Waals surface area contributed by atoms with E-state index in [1.807, 2.05) is 60.7 Å². The van der Waals surface area contributed by atoms with Crippen molar-refractivity contribution in [3.05, 3.63) is 143 Å². The quantitative estimate of drug-likeness (QED) is 0.200. The van der Waals surface area contributed by atoms with Crippen LogP contribution in [0.15, 0.2) is 109 Å². The molecule has 6 rings (SSSR count). The maximum atomic E-state index is 14.4. The Kier molecular flexibility index (Phi) is 15.1. The number of ether oxygens (including phenoxy) is 2. The number of carbonyl (C=O) groups is 6. The Morgan fingerprint density at radius 2 is 0.982 bits per heavy atom. The summed E-state index contributed by atoms with van der Waals surface area (Å²) in [6.07, 6.45) is -4.31. The van der Waals surface area contributed by atoms with Crippen molar-refractivity contribution in [2.45, 2.75) is 25.6 Å². The van der Waals surface area contributed by atoms with Crippen molar-refractivity contribution < 1.29 is 52.1 Å². The molecular weight excluding hydrogens is 718 g/mol. The second kappa shape index (κ2) is 20.1. The van der Waals surface area contributed by atoms with Crippen LogP contribution in [0.2, 0.25) is 0 Å². The first kappa shape index (κ1) is 41.3. The molecule has 4 aromatic rings. The third-order valence-electron chi connectivity index (χ3n) is 8.08. The highest BCUT2D eigenvalue weighted by atomic mass is 19.1. The number of amides is 6. The Bertz CT molecular complexity index is 1900. The summed E-state index contributed by atoms with van der Waals surface area (Å²) in [5.74, 6) is -1.64. The molecule has 0 aliphatic carbocycles. The number of benzene rings is 4. The molecule has 55 heavy (non-hydrogen) atoms. The third-order valence-corrected chi connectivity index (χ3v) is 8.08. The SMILES string of the molecule is CN(CC(F)CN1C(=O)c2ccccc2C1=O)C(=O)OCc1ccccc1.CN(CC(F)CO)C(=O)OCc1ccccc1.O=C1NC(=O)c2ccccc21. The van der Waals surface area contributed by atoms with Gasteiger partial charge in [0.05, 0.1) is 48.5 Å². The molecule has 2 atom stereocenters. The number of aliphatic hydroxyl groups excluding tert-OH is 1. The average Bonchev–Trinajstić information content (AvgIpc) is 3.63. The normalized spacial score (nSPS) is 13.5. The van der Waals surface area contributed by atoms with Crippen LogP contribution < -0.4 is 5.32 Å². The minimum Gasteiger partial charge on any atom is -0.445 e. The zero-order chi connectivity index (χ0) is 39.9. The van der Waals surface area contributed by atoms with E-state index in [0.29, 0.717) is 11.1 Å². The number of nitrogens with zero attached hydrogens (tertiary/aromatic N) is 3. The van der Waals surface area contributed by atoms with Crippen molar-refractivity contribution >= 4 is 35.8 Å². The number of imide groups is 2. The van der Waals surface area contributed by atoms with Crippen LogP contribution in [0.1, 0.15) is 52.6 Å². The van der Waals surface area contributed by atoms with Crippen molar-refractivity contribution in [2.24, 2.45) is 0 Å². The maximum Gasteiger partial charge on any atom is 0.409 e. The van der Waals surface area contributed by atoms with Crippen LogP contribution in [0, 0.1) is 0 Å². The molecule has 4 aromatic carbocycles. The van der Waals surface area contributed by atoms with Gasteiger partial charge in [0, 0.05) is 14.1 Å². The molecule has 0 spiro atoms. The van der Waals surface area contributed by atoms with Gasteiger partial charge in [0.1, 0.15) is 25.6 Å². The van der Waals surface area contributed by atoms with Crippen molar-refractivity contribution in [3.63, 3.8) is 0 Å². The summed E-state index contributed by atoms with van der Waals surface area (Å²) >= 11 is 0. The molecule has 0 aromatic heterocycles. The fraction of sp³-hybridized carbons (Fsp3) is 0.250. The number of aliphatic hydroxyl groups is 1. The zero-order valence-electron chi connectivity index (χ0n) is 30.1. The molecule has 2 N–H and O–H groups in total. The number of carbonyl (C=O) groups excluding carboxylic acids is 6. The van der Waals surface area contributed by atoms with Crippen LogP contribution in [0.3, 0.4) is 0 Å². The summed E-state index contributed by atoms with van der Waals surface area (Å²) < 4.78 is 37.3. The van der Waals surface area contributed by atoms with E-state index in [2.05, 4.69) is 5.32 Å². The topological polar surface area (TPSA) is 163 Å². The second-order valence-electron chi connectivity index (χ2n) is 12.3. The highest BCUT2D eigenvalue weighted by Gasteiger charge is 2.37. The number of fused-ring (bicyclic) bond motifs is 2. The zero-order valence-corrected chi connectivity index (χ0v) is 30.1. The molecular formula is C40H40F2N4O9. The van der Waals surface area contributed by atoms with Crippen LogP contribution in [-0.4, -0.2) is 108 Å². The van der Waals surface area contributed by atoms with Gasteiger partial charge >= 0.3 is 12.2 Å². The number of alkyl halides is 2. The van der Waals surface area contributed by atoms with Gasteiger partial charge in [0.25, 0.3) is 23.6 Å². The first-order chi connectivity index (χ1) is 26.4. The highest BCUT2D eigenvalue weighted by Crippen LogP contribution is 2.23. The standard InChI is InChI=1S/C20H19FN2O4.C12H16FNO3.C8H5NO2/c1-22(20(26)27-13-14-7-3-2-4-8-14)11-15(21)12-23-18(24)16-9-5-6-10-17(16)19(23)25;1-14(7-11(13)8-15)12(16)17-9-10-5-3-2-4-6-10;10-7-5-3-1-2-4-6(5)8(11)9-7/h2-10,15H,11-13H2,1H3;2-6,11,15H,7-9H2,1H3;1-4H,(H,9,10,11). The average molecular weight is 759 g/mol. The summed E-state index contributed by atoms with van der Waals surface area (Å²) in [6.45, 7) is -1.25. The summed E-state index contributed by atoms with van der Waals surface area (Å²) in [4.78, 5) is 72.9. The van der Waals surface area contributed by atoms with Crippen LogP contribution in [0.5, 0.6) is 0 Å². The molecule has 0 saturated heterocycles. The highest BCUT2D eigenvalue weighted by molar-refractivity contribution is 6.22. The predicted octanol–water partition coefficient (Wildman–Crippen LogP) is 5.04. The van der Waals surface area contributed by atoms with Crippen molar-refractivity contribution in [1.82, 2.24) is 20.0 Å². The van der Waals surface area contributed by atoms with E-state index in [1.165, 1.54) is 26.2 Å². The van der Waals surface area contributed by atoms with Crippen molar-refractivity contribution in [2.75, 3.05) is 40.3 Å². The molecule has 2 heterocycles. The van der Waals surface area contributed by atoms with Crippen LogP contribution in [0.4, 0.5) is 18.4 Å². The lowest BCUT2D eigenvalue weighted by Gasteiger charge is -2.22. The number of nitrogens with one attached hydrogen (secondary N) is 1. The molecule has 0 radical (unpaired) electrons. The van der Waals surface area contributed by atoms with Gasteiger partial charge in [-0.3, -0.25) is 29.4 Å². The number of hydrogen-bond acceptors (Lipinski definition) is 9. The van der Waals surface area contributed by atoms with E-state index in [9.17, 15) is 37.5 Å². The Labute approximate surface area is 316 Å². The van der Waals surface area contributed by atoms with Gasteiger partial charge in [-0.15, -0.1) is 0 Å². The van der Waals surface area contributed by atoms with E-state index in [-0.39, 0.29) is 49.2 Å². The Morgan fingerprint density at radius 1 is 0.618 bits per heavy atom. The second-order valence-corrected chi connectivity index (χ2v) is 12.3. The van der Waals surface area contributed by atoms with Crippen LogP contribution in [0.25, 0.3) is 0 Å². The lowest BCUT2D eigenvalue weighted by molar-refractivity contribution is 0.0582. The van der Waals surface area contributed by atoms with Crippen LogP contribution in [-0.2, 0) is 22.7 Å². The minimum absolute atomic E-state index is 0.0827. The summed E-state index contributed by atoms with van der Waals surface area (Å²) in [5.41, 5.74) is 3.17. The molecule has 0 fully saturated rings. The van der Waals surface area contributed by atoms with E-state index in [4.69, 9.17) is 14.6 Å². The number of hydrogen-bond donors (Lipinski definition) is 2. The first-order valence-corrected chi connectivity index (χ1v) is 17.0. The van der Waals surface area contributed by atoms with Crippen molar-refractivity contribution in [3.8, 4) is 0 Å². The fourth-order valence-electron chi connectivity index (χ4n) is 5.24. The number of halogens is 2. The predicted molar refractivity (Wildman–Crippen MR) is 195 cm³/mol. The molecule has 2 unspecified atom stereocenters. The molecule has 13 nitrogen and oxygen atoms in total. The Morgan fingerprint density at radius 3 is 1.38 bits per heavy atom. The molecule has 6 amide bonds. The summed E-state index contributed by atoms with van der Waals surface area (Å²) in [7, 11) is 2.83. The van der Waals surface area contributed by atoms with Gasteiger partial charge in [0.2, 0.25) is 0 Å². The minimum atomic E-state index is -1.58. The smallest absolute Gasteiger partial charge is 0.409 e. The van der Waals surface area contributed by atoms with E-state index >= 15 is 0 Å². The third kappa shape index (κ3) is 11.8. The monoisotopic (exact) mass is 758 g/mol. The van der Waals surface area contributed by atoms with E-state index in [1.54, 1.807) is 36.4 Å². The Hall–Kier alpha value is -6.48. The maximum absolute atomic E-state index is 14.4. The summed E-state index contributed by atoms with van der Waals surface area (Å²) in [5, 5.41) is 10.7. The molecule has 0 bridgehead atoms. The number of rotatable bonds is 11. The van der Waals surface area contributed by atoms with Gasteiger partial charge in [-0.05, 0) is 35.4 Å². The van der Waals surface area contributed by atoms with Gasteiger partial charge in [-0.1, -0.05) is 84.9 Å². The molecule has 2 aliphatic rings. The lowest BCUT2D eigenvalue weighted by atomic mass is 10.1. The van der Waals surface area contributed by atoms with E-state index < -0.39 is 49.5 Å². The fourth-order valence-corrected chi connectivity index (χ4v) is 5.24. The molecule has 2 aliphatic heterocycles. The molecule has 0 saturated carbocycles. The largest absolute Gasteiger partial charge is 0.445 e. The van der Waals surface area contributed by atoms with Gasteiger partial charge < -0.3 is 24.4 Å². The Balaban J connectivity index is 0.000000204. The molecule has 288 valence electrons. The van der Waals surface area contributed by atoms with Gasteiger partial charge in [-0.2, -0.15) is 0 Å². The van der Waals surface area contributed by atoms with Gasteiger partial charge in [0.15, 0.2) is 0 Å². The first-order valence-electron chi connectivity index (χ1n) is 17.0. The lowest BCUT2D eigenvalue weighted by Crippen LogP contribution is -2.41. The van der Waals surface area contributed by atoms with Gasteiger partial charge in [-0.25, -0.2) is 18.4 Å². The van der Waals surface area contributed by atoms with Crippen molar-refractivity contribution in [1.29, 1.82) is 0 Å². The van der Waals surface area contributed by atoms with Crippen LogP contribution >= 0.6 is 0 Å².